The van der Waals surface area contributed by atoms with Crippen LogP contribution in [0.2, 0.25) is 5.02 Å². The van der Waals surface area contributed by atoms with Crippen molar-refractivity contribution in [3.63, 3.8) is 0 Å². The summed E-state index contributed by atoms with van der Waals surface area (Å²) in [6, 6.07) is 12.6. The summed E-state index contributed by atoms with van der Waals surface area (Å²) in [6.45, 7) is 0.195. The number of carbonyl (C=O) groups is 1. The molecular formula is C14H11ClINO2. The second-order valence-electron chi connectivity index (χ2n) is 3.91. The molecule has 0 aromatic heterocycles. The molecule has 0 radical (unpaired) electrons. The summed E-state index contributed by atoms with van der Waals surface area (Å²) in [7, 11) is 0. The molecule has 0 aliphatic heterocycles. The van der Waals surface area contributed by atoms with Crippen molar-refractivity contribution in [2.75, 3.05) is 5.73 Å². The summed E-state index contributed by atoms with van der Waals surface area (Å²) in [6.07, 6.45) is 0. The topological polar surface area (TPSA) is 52.3 Å². The predicted molar refractivity (Wildman–Crippen MR) is 84.1 cm³/mol. The van der Waals surface area contributed by atoms with E-state index in [0.29, 0.717) is 10.7 Å². The summed E-state index contributed by atoms with van der Waals surface area (Å²) in [5, 5.41) is 0.299. The van der Waals surface area contributed by atoms with E-state index >= 15 is 0 Å². The Labute approximate surface area is 129 Å². The third-order valence-corrected chi connectivity index (χ3v) is 3.57. The van der Waals surface area contributed by atoms with Crippen LogP contribution in [0.25, 0.3) is 0 Å². The Bertz CT molecular complexity index is 579. The van der Waals surface area contributed by atoms with Gasteiger partial charge in [0.15, 0.2) is 0 Å². The first-order valence-electron chi connectivity index (χ1n) is 5.53. The summed E-state index contributed by atoms with van der Waals surface area (Å²) >= 11 is 8.16. The third-order valence-electron chi connectivity index (χ3n) is 2.53. The molecule has 2 N–H and O–H groups in total. The molecule has 2 rings (SSSR count). The van der Waals surface area contributed by atoms with Crippen molar-refractivity contribution in [1.82, 2.24) is 0 Å². The Balaban J connectivity index is 2.07. The van der Waals surface area contributed by atoms with Crippen LogP contribution in [0.1, 0.15) is 15.9 Å². The number of hydrogen-bond donors (Lipinski definition) is 1. The van der Waals surface area contributed by atoms with Crippen LogP contribution in [-0.2, 0) is 11.3 Å². The fourth-order valence-corrected chi connectivity index (χ4v) is 2.18. The lowest BCUT2D eigenvalue weighted by Gasteiger charge is -2.08. The molecule has 0 saturated heterocycles. The highest BCUT2D eigenvalue weighted by Crippen LogP contribution is 2.23. The van der Waals surface area contributed by atoms with Crippen molar-refractivity contribution in [2.24, 2.45) is 0 Å². The lowest BCUT2D eigenvalue weighted by Crippen LogP contribution is -2.09. The van der Waals surface area contributed by atoms with Gasteiger partial charge in [0.1, 0.15) is 12.2 Å². The van der Waals surface area contributed by atoms with E-state index in [1.807, 2.05) is 24.3 Å². The van der Waals surface area contributed by atoms with Crippen LogP contribution in [0.4, 0.5) is 5.69 Å². The summed E-state index contributed by atoms with van der Waals surface area (Å²) < 4.78 is 6.34. The van der Waals surface area contributed by atoms with Crippen LogP contribution in [0, 0.1) is 3.57 Å². The quantitative estimate of drug-likeness (QED) is 0.494. The molecule has 0 bridgehead atoms. The zero-order valence-corrected chi connectivity index (χ0v) is 12.8. The largest absolute Gasteiger partial charge is 0.457 e. The first-order valence-corrected chi connectivity index (χ1v) is 6.99. The summed E-state index contributed by atoms with van der Waals surface area (Å²) in [5.41, 5.74) is 7.18. The molecule has 3 nitrogen and oxygen atoms in total. The number of nitrogen functional groups attached to an aromatic ring is 1. The van der Waals surface area contributed by atoms with Gasteiger partial charge in [-0.15, -0.1) is 0 Å². The highest BCUT2D eigenvalue weighted by molar-refractivity contribution is 14.1. The second kappa shape index (κ2) is 6.25. The Kier molecular flexibility index (Phi) is 4.66. The van der Waals surface area contributed by atoms with Gasteiger partial charge in [0.25, 0.3) is 0 Å². The maximum Gasteiger partial charge on any atom is 0.342 e. The van der Waals surface area contributed by atoms with Crippen molar-refractivity contribution in [1.29, 1.82) is 0 Å². The molecule has 5 heteroatoms. The molecule has 0 aliphatic rings. The van der Waals surface area contributed by atoms with Gasteiger partial charge in [0, 0.05) is 9.26 Å². The summed E-state index contributed by atoms with van der Waals surface area (Å²) in [4.78, 5) is 11.9. The summed E-state index contributed by atoms with van der Waals surface area (Å²) in [5.74, 6) is -0.512. The van der Waals surface area contributed by atoms with E-state index in [2.05, 4.69) is 22.6 Å². The molecule has 0 saturated carbocycles. The molecule has 2 aromatic rings. The zero-order chi connectivity index (χ0) is 13.8. The molecule has 98 valence electrons. The zero-order valence-electron chi connectivity index (χ0n) is 9.90. The van der Waals surface area contributed by atoms with Crippen LogP contribution in [0.5, 0.6) is 0 Å². The maximum absolute atomic E-state index is 11.9. The molecule has 0 spiro atoms. The van der Waals surface area contributed by atoms with Gasteiger partial charge in [-0.2, -0.15) is 0 Å². The van der Waals surface area contributed by atoms with Crippen molar-refractivity contribution in [3.05, 3.63) is 62.2 Å². The van der Waals surface area contributed by atoms with Crippen molar-refractivity contribution in [3.8, 4) is 0 Å². The minimum atomic E-state index is -0.512. The molecule has 0 aliphatic carbocycles. The van der Waals surface area contributed by atoms with E-state index in [1.54, 1.807) is 18.2 Å². The van der Waals surface area contributed by atoms with Gasteiger partial charge in [-0.25, -0.2) is 4.79 Å². The van der Waals surface area contributed by atoms with Gasteiger partial charge in [0.05, 0.1) is 5.02 Å². The molecular weight excluding hydrogens is 377 g/mol. The molecule has 0 atom stereocenters. The minimum Gasteiger partial charge on any atom is -0.457 e. The monoisotopic (exact) mass is 387 g/mol. The number of anilines is 1. The van der Waals surface area contributed by atoms with Crippen molar-refractivity contribution in [2.45, 2.75) is 6.61 Å². The Morgan fingerprint density at radius 3 is 2.53 bits per heavy atom. The smallest absolute Gasteiger partial charge is 0.342 e. The molecule has 19 heavy (non-hydrogen) atoms. The lowest BCUT2D eigenvalue weighted by molar-refractivity contribution is 0.0474. The van der Waals surface area contributed by atoms with Gasteiger partial charge < -0.3 is 10.5 Å². The van der Waals surface area contributed by atoms with E-state index in [1.165, 1.54) is 0 Å². The van der Waals surface area contributed by atoms with Gasteiger partial charge in [-0.1, -0.05) is 29.8 Å². The van der Waals surface area contributed by atoms with Crippen LogP contribution >= 0.6 is 34.2 Å². The molecule has 2 aromatic carbocycles. The lowest BCUT2D eigenvalue weighted by atomic mass is 10.2. The van der Waals surface area contributed by atoms with E-state index in [0.717, 1.165) is 9.13 Å². The average Bonchev–Trinajstić information content (AvgIpc) is 2.38. The maximum atomic E-state index is 11.9. The number of benzene rings is 2. The van der Waals surface area contributed by atoms with E-state index in [-0.39, 0.29) is 12.2 Å². The second-order valence-corrected chi connectivity index (χ2v) is 5.56. The molecule has 0 fully saturated rings. The van der Waals surface area contributed by atoms with Gasteiger partial charge in [-0.05, 0) is 52.4 Å². The fraction of sp³-hybridized carbons (Fsp3) is 0.0714. The standard InChI is InChI=1S/C14H11ClINO2/c15-11-2-1-3-12(17)13(11)14(18)19-8-9-4-6-10(16)7-5-9/h1-7H,8,17H2. The van der Waals surface area contributed by atoms with E-state index < -0.39 is 5.97 Å². The minimum absolute atomic E-state index is 0.195. The third kappa shape index (κ3) is 3.61. The first-order chi connectivity index (χ1) is 9.08. The number of hydrogen-bond acceptors (Lipinski definition) is 3. The first kappa shape index (κ1) is 14.1. The fourth-order valence-electron chi connectivity index (χ4n) is 1.56. The van der Waals surface area contributed by atoms with Gasteiger partial charge in [0.2, 0.25) is 0 Å². The number of halogens is 2. The highest BCUT2D eigenvalue weighted by Gasteiger charge is 2.15. The Morgan fingerprint density at radius 2 is 1.89 bits per heavy atom. The number of esters is 1. The average molecular weight is 388 g/mol. The van der Waals surface area contributed by atoms with E-state index in [9.17, 15) is 4.79 Å². The molecule has 0 unspecified atom stereocenters. The number of carbonyl (C=O) groups excluding carboxylic acids is 1. The van der Waals surface area contributed by atoms with Crippen LogP contribution < -0.4 is 5.73 Å². The van der Waals surface area contributed by atoms with Crippen LogP contribution in [0.3, 0.4) is 0 Å². The number of rotatable bonds is 3. The van der Waals surface area contributed by atoms with E-state index in [4.69, 9.17) is 22.1 Å². The molecule has 0 amide bonds. The van der Waals surface area contributed by atoms with Gasteiger partial charge in [-0.3, -0.25) is 0 Å². The molecule has 0 heterocycles. The normalized spacial score (nSPS) is 10.2. The Morgan fingerprint density at radius 1 is 1.21 bits per heavy atom. The van der Waals surface area contributed by atoms with Gasteiger partial charge >= 0.3 is 5.97 Å². The number of ether oxygens (including phenoxy) is 1. The SMILES string of the molecule is Nc1cccc(Cl)c1C(=O)OCc1ccc(I)cc1. The van der Waals surface area contributed by atoms with Crippen molar-refractivity contribution < 1.29 is 9.53 Å². The highest BCUT2D eigenvalue weighted by atomic mass is 127. The van der Waals surface area contributed by atoms with Crippen LogP contribution in [-0.4, -0.2) is 5.97 Å². The Hall–Kier alpha value is -1.27. The van der Waals surface area contributed by atoms with Crippen molar-refractivity contribution >= 4 is 45.8 Å². The predicted octanol–water partition coefficient (Wildman–Crippen LogP) is 3.88. The number of nitrogens with two attached hydrogens (primary N) is 1. The van der Waals surface area contributed by atoms with Crippen LogP contribution in [0.15, 0.2) is 42.5 Å².